The number of ether oxygens (including phenoxy) is 2. The standard InChI is InChI=1S/C23H28N4O5/c1-15-14-19(26(20(28)31-22(2,3)4)21(29)32-23(5,6)7)27(24-15)18-12-8-11-17-16(18)10-9-13-25(17)30/h8-14H,1-7H3. The van der Waals surface area contributed by atoms with Gasteiger partial charge in [0, 0.05) is 18.2 Å². The maximum Gasteiger partial charge on any atom is 0.425 e. The van der Waals surface area contributed by atoms with Gasteiger partial charge in [0.05, 0.1) is 16.8 Å². The fourth-order valence-electron chi connectivity index (χ4n) is 3.09. The third-order valence-electron chi connectivity index (χ3n) is 4.20. The van der Waals surface area contributed by atoms with Gasteiger partial charge in [0.2, 0.25) is 5.52 Å². The molecule has 2 amide bonds. The van der Waals surface area contributed by atoms with Crippen molar-refractivity contribution < 1.29 is 23.8 Å². The predicted molar refractivity (Wildman–Crippen MR) is 120 cm³/mol. The lowest BCUT2D eigenvalue weighted by Gasteiger charge is -2.28. The molecule has 0 saturated carbocycles. The number of benzene rings is 1. The fraction of sp³-hybridized carbons (Fsp3) is 0.391. The third-order valence-corrected chi connectivity index (χ3v) is 4.20. The van der Waals surface area contributed by atoms with Crippen LogP contribution in [-0.2, 0) is 9.47 Å². The monoisotopic (exact) mass is 440 g/mol. The van der Waals surface area contributed by atoms with E-state index in [1.807, 2.05) is 0 Å². The number of fused-ring (bicyclic) bond motifs is 1. The molecule has 0 radical (unpaired) electrons. The molecular formula is C23H28N4O5. The highest BCUT2D eigenvalue weighted by molar-refractivity contribution is 6.09. The Balaban J connectivity index is 2.21. The highest BCUT2D eigenvalue weighted by Gasteiger charge is 2.35. The molecule has 170 valence electrons. The van der Waals surface area contributed by atoms with Crippen LogP contribution in [0.4, 0.5) is 15.4 Å². The molecule has 0 atom stereocenters. The van der Waals surface area contributed by atoms with E-state index in [1.165, 1.54) is 10.9 Å². The number of aryl methyl sites for hydroxylation is 1. The predicted octanol–water partition coefficient (Wildman–Crippen LogP) is 4.64. The van der Waals surface area contributed by atoms with Crippen molar-refractivity contribution in [3.05, 3.63) is 53.5 Å². The molecule has 9 heteroatoms. The van der Waals surface area contributed by atoms with Crippen molar-refractivity contribution in [3.63, 3.8) is 0 Å². The Morgan fingerprint density at radius 2 is 1.59 bits per heavy atom. The second kappa shape index (κ2) is 8.14. The molecule has 9 nitrogen and oxygen atoms in total. The number of nitrogens with zero attached hydrogens (tertiary/aromatic N) is 4. The summed E-state index contributed by atoms with van der Waals surface area (Å²) < 4.78 is 13.2. The number of imide groups is 1. The first kappa shape index (κ1) is 23.1. The van der Waals surface area contributed by atoms with Crippen molar-refractivity contribution in [2.75, 3.05) is 4.90 Å². The minimum atomic E-state index is -0.896. The molecule has 0 aliphatic heterocycles. The van der Waals surface area contributed by atoms with Crippen LogP contribution in [0.3, 0.4) is 0 Å². The molecule has 3 rings (SSSR count). The molecule has 2 heterocycles. The maximum absolute atomic E-state index is 13.1. The first-order valence-corrected chi connectivity index (χ1v) is 10.2. The molecule has 3 aromatic rings. The molecule has 1 aromatic carbocycles. The van der Waals surface area contributed by atoms with E-state index in [0.717, 1.165) is 9.63 Å². The maximum atomic E-state index is 13.1. The van der Waals surface area contributed by atoms with Gasteiger partial charge in [-0.1, -0.05) is 6.07 Å². The summed E-state index contributed by atoms with van der Waals surface area (Å²) >= 11 is 0. The number of carbonyl (C=O) groups excluding carboxylic acids is 2. The minimum absolute atomic E-state index is 0.139. The summed E-state index contributed by atoms with van der Waals surface area (Å²) in [4.78, 5) is 27.0. The number of anilines is 1. The molecule has 0 fully saturated rings. The Kier molecular flexibility index (Phi) is 5.86. The van der Waals surface area contributed by atoms with Crippen LogP contribution in [0.5, 0.6) is 0 Å². The van der Waals surface area contributed by atoms with E-state index in [2.05, 4.69) is 5.10 Å². The Hall–Kier alpha value is -3.62. The number of hydrogen-bond acceptors (Lipinski definition) is 6. The summed E-state index contributed by atoms with van der Waals surface area (Å²) in [7, 11) is 0. The zero-order valence-corrected chi connectivity index (χ0v) is 19.4. The van der Waals surface area contributed by atoms with Gasteiger partial charge in [0.25, 0.3) is 0 Å². The van der Waals surface area contributed by atoms with E-state index in [-0.39, 0.29) is 5.82 Å². The smallest absolute Gasteiger partial charge is 0.425 e. The van der Waals surface area contributed by atoms with E-state index in [1.54, 1.807) is 84.9 Å². The van der Waals surface area contributed by atoms with Crippen LogP contribution in [0.2, 0.25) is 0 Å². The van der Waals surface area contributed by atoms with Crippen LogP contribution < -0.4 is 9.63 Å². The molecule has 32 heavy (non-hydrogen) atoms. The van der Waals surface area contributed by atoms with Crippen LogP contribution in [0.1, 0.15) is 47.2 Å². The average molecular weight is 441 g/mol. The summed E-state index contributed by atoms with van der Waals surface area (Å²) in [5.41, 5.74) is -0.187. The highest BCUT2D eigenvalue weighted by Crippen LogP contribution is 2.28. The van der Waals surface area contributed by atoms with Crippen molar-refractivity contribution in [1.82, 2.24) is 9.78 Å². The number of rotatable bonds is 2. The van der Waals surface area contributed by atoms with Gasteiger partial charge < -0.3 is 14.7 Å². The van der Waals surface area contributed by atoms with Gasteiger partial charge in [-0.2, -0.15) is 14.7 Å². The number of amides is 2. The molecule has 2 aromatic heterocycles. The van der Waals surface area contributed by atoms with Crippen molar-refractivity contribution in [2.24, 2.45) is 0 Å². The summed E-state index contributed by atoms with van der Waals surface area (Å²) in [5, 5.41) is 17.3. The summed E-state index contributed by atoms with van der Waals surface area (Å²) in [6.45, 7) is 12.0. The van der Waals surface area contributed by atoms with Gasteiger partial charge in [-0.15, -0.1) is 0 Å². The molecule has 0 aliphatic rings. The van der Waals surface area contributed by atoms with Gasteiger partial charge in [0.15, 0.2) is 12.0 Å². The van der Waals surface area contributed by atoms with Crippen LogP contribution in [-0.4, -0.2) is 33.2 Å². The molecule has 0 aliphatic carbocycles. The molecule has 0 N–H and O–H groups in total. The fourth-order valence-corrected chi connectivity index (χ4v) is 3.09. The Labute approximate surface area is 186 Å². The topological polar surface area (TPSA) is 101 Å². The first-order chi connectivity index (χ1) is 14.8. The van der Waals surface area contributed by atoms with Crippen molar-refractivity contribution >= 4 is 28.9 Å². The quantitative estimate of drug-likeness (QED) is 0.425. The van der Waals surface area contributed by atoms with E-state index < -0.39 is 23.4 Å². The second-order valence-corrected chi connectivity index (χ2v) is 9.40. The van der Waals surface area contributed by atoms with Crippen molar-refractivity contribution in [3.8, 4) is 5.69 Å². The van der Waals surface area contributed by atoms with Gasteiger partial charge in [-0.3, -0.25) is 0 Å². The van der Waals surface area contributed by atoms with Crippen LogP contribution in [0, 0.1) is 12.1 Å². The Morgan fingerprint density at radius 1 is 1.00 bits per heavy atom. The average Bonchev–Trinajstić information content (AvgIpc) is 2.99. The van der Waals surface area contributed by atoms with Gasteiger partial charge in [-0.05, 0) is 60.6 Å². The third kappa shape index (κ3) is 4.99. The van der Waals surface area contributed by atoms with Crippen LogP contribution >= 0.6 is 0 Å². The van der Waals surface area contributed by atoms with E-state index in [0.29, 0.717) is 22.3 Å². The lowest BCUT2D eigenvalue weighted by molar-refractivity contribution is -0.577. The zero-order chi connectivity index (χ0) is 23.8. The number of pyridine rings is 1. The van der Waals surface area contributed by atoms with Crippen LogP contribution in [0.15, 0.2) is 42.6 Å². The van der Waals surface area contributed by atoms with Gasteiger partial charge >= 0.3 is 12.2 Å². The molecule has 0 unspecified atom stereocenters. The number of carbonyl (C=O) groups is 2. The first-order valence-electron chi connectivity index (χ1n) is 10.2. The molecule has 0 saturated heterocycles. The number of aromatic nitrogens is 3. The Bertz CT molecular complexity index is 1140. The van der Waals surface area contributed by atoms with Crippen molar-refractivity contribution in [1.29, 1.82) is 0 Å². The van der Waals surface area contributed by atoms with E-state index in [9.17, 15) is 14.8 Å². The summed E-state index contributed by atoms with van der Waals surface area (Å²) in [6, 6.07) is 10.1. The summed E-state index contributed by atoms with van der Waals surface area (Å²) in [6.07, 6.45) is -0.395. The van der Waals surface area contributed by atoms with Crippen LogP contribution in [0.25, 0.3) is 16.6 Å². The molecule has 0 spiro atoms. The minimum Gasteiger partial charge on any atom is -0.618 e. The lowest BCUT2D eigenvalue weighted by atomic mass is 10.2. The zero-order valence-electron chi connectivity index (χ0n) is 19.4. The largest absolute Gasteiger partial charge is 0.618 e. The highest BCUT2D eigenvalue weighted by atomic mass is 16.6. The second-order valence-electron chi connectivity index (χ2n) is 9.40. The van der Waals surface area contributed by atoms with E-state index >= 15 is 0 Å². The summed E-state index contributed by atoms with van der Waals surface area (Å²) in [5.74, 6) is 0.139. The molecule has 0 bridgehead atoms. The van der Waals surface area contributed by atoms with Gasteiger partial charge in [-0.25, -0.2) is 14.3 Å². The lowest BCUT2D eigenvalue weighted by Crippen LogP contribution is -2.44. The normalized spacial score (nSPS) is 12.0. The molecular weight excluding hydrogens is 412 g/mol. The number of hydrogen-bond donors (Lipinski definition) is 0. The van der Waals surface area contributed by atoms with Gasteiger partial charge in [0.1, 0.15) is 11.2 Å². The van der Waals surface area contributed by atoms with Crippen molar-refractivity contribution in [2.45, 2.75) is 59.7 Å². The SMILES string of the molecule is Cc1cc(N(C(=O)OC(C)(C)C)C(=O)OC(C)(C)C)n(-c2cccc3c2ccc[n+]3[O-])n1. The Morgan fingerprint density at radius 3 is 2.16 bits per heavy atom. The van der Waals surface area contributed by atoms with E-state index in [4.69, 9.17) is 9.47 Å².